The topological polar surface area (TPSA) is 42.2 Å². The van der Waals surface area contributed by atoms with Gasteiger partial charge in [-0.05, 0) is 72.4 Å². The fourth-order valence-corrected chi connectivity index (χ4v) is 5.14. The molecule has 1 unspecified atom stereocenters. The lowest BCUT2D eigenvalue weighted by Gasteiger charge is -2.30. The van der Waals surface area contributed by atoms with E-state index in [2.05, 4.69) is 29.7 Å². The van der Waals surface area contributed by atoms with Crippen LogP contribution in [0.25, 0.3) is 21.8 Å². The standard InChI is InChI=1S/C25H23NO2/c1-3-25(13-12-16-14-18(27)9-11-21(16)25)17-8-10-20-23(15-17)26(2)22-7-5-4-6-19(22)24(20)28/h4-11,14-15,27H,3,12-13H2,1-2H3. The predicted molar refractivity (Wildman–Crippen MR) is 114 cm³/mol. The van der Waals surface area contributed by atoms with Gasteiger partial charge < -0.3 is 9.67 Å². The number of nitrogens with zero attached hydrogens (tertiary/aromatic N) is 1. The molecule has 3 aromatic carbocycles. The first-order valence-electron chi connectivity index (χ1n) is 9.89. The van der Waals surface area contributed by atoms with Gasteiger partial charge in [0.05, 0.1) is 11.0 Å². The number of hydrogen-bond acceptors (Lipinski definition) is 2. The number of benzene rings is 3. The van der Waals surface area contributed by atoms with E-state index in [4.69, 9.17) is 0 Å². The Morgan fingerprint density at radius 1 is 1.00 bits per heavy atom. The molecule has 0 spiro atoms. The average molecular weight is 369 g/mol. The summed E-state index contributed by atoms with van der Waals surface area (Å²) in [4.78, 5) is 13.0. The van der Waals surface area contributed by atoms with Crippen LogP contribution in [0.1, 0.15) is 36.5 Å². The van der Waals surface area contributed by atoms with Crippen LogP contribution in [0.2, 0.25) is 0 Å². The fraction of sp³-hybridized carbons (Fsp3) is 0.240. The maximum Gasteiger partial charge on any atom is 0.197 e. The third-order valence-electron chi connectivity index (χ3n) is 6.70. The summed E-state index contributed by atoms with van der Waals surface area (Å²) in [6.45, 7) is 2.23. The van der Waals surface area contributed by atoms with E-state index in [1.165, 1.54) is 16.7 Å². The second kappa shape index (κ2) is 5.96. The molecule has 0 radical (unpaired) electrons. The summed E-state index contributed by atoms with van der Waals surface area (Å²) in [6.07, 6.45) is 2.97. The highest BCUT2D eigenvalue weighted by Crippen LogP contribution is 2.47. The van der Waals surface area contributed by atoms with E-state index in [9.17, 15) is 9.90 Å². The summed E-state index contributed by atoms with van der Waals surface area (Å²) in [5.41, 5.74) is 5.74. The Kier molecular flexibility index (Phi) is 3.63. The SMILES string of the molecule is CCC1(c2ccc3c(=O)c4ccccc4n(C)c3c2)CCc2cc(O)ccc21. The molecule has 140 valence electrons. The van der Waals surface area contributed by atoms with Gasteiger partial charge in [-0.3, -0.25) is 4.79 Å². The molecule has 0 bridgehead atoms. The number of fused-ring (bicyclic) bond motifs is 3. The molecular weight excluding hydrogens is 346 g/mol. The zero-order valence-electron chi connectivity index (χ0n) is 16.2. The molecule has 0 aliphatic heterocycles. The maximum absolute atomic E-state index is 13.0. The lowest BCUT2D eigenvalue weighted by Crippen LogP contribution is -2.24. The van der Waals surface area contributed by atoms with Crippen molar-refractivity contribution in [1.29, 1.82) is 0 Å². The van der Waals surface area contributed by atoms with E-state index in [-0.39, 0.29) is 10.8 Å². The minimum atomic E-state index is -0.0705. The number of hydrogen-bond donors (Lipinski definition) is 1. The van der Waals surface area contributed by atoms with Crippen LogP contribution in [-0.2, 0) is 18.9 Å². The first kappa shape index (κ1) is 17.1. The minimum absolute atomic E-state index is 0.0705. The Morgan fingerprint density at radius 3 is 2.61 bits per heavy atom. The van der Waals surface area contributed by atoms with Crippen molar-refractivity contribution >= 4 is 21.8 Å². The van der Waals surface area contributed by atoms with Gasteiger partial charge >= 0.3 is 0 Å². The van der Waals surface area contributed by atoms with Crippen molar-refractivity contribution in [2.75, 3.05) is 0 Å². The number of aromatic nitrogens is 1. The molecule has 1 aliphatic rings. The monoisotopic (exact) mass is 369 g/mol. The van der Waals surface area contributed by atoms with Gasteiger partial charge in [0.2, 0.25) is 0 Å². The highest BCUT2D eigenvalue weighted by atomic mass is 16.3. The number of aryl methyl sites for hydroxylation is 2. The Balaban J connectivity index is 1.80. The number of phenolic OH excluding ortho intramolecular Hbond substituents is 1. The lowest BCUT2D eigenvalue weighted by atomic mass is 9.73. The first-order valence-corrected chi connectivity index (χ1v) is 9.89. The van der Waals surface area contributed by atoms with Gasteiger partial charge in [-0.2, -0.15) is 0 Å². The molecule has 1 heterocycles. The van der Waals surface area contributed by atoms with Crippen LogP contribution in [0.4, 0.5) is 0 Å². The third-order valence-corrected chi connectivity index (χ3v) is 6.70. The normalized spacial score (nSPS) is 18.6. The fourth-order valence-electron chi connectivity index (χ4n) is 5.14. The summed E-state index contributed by atoms with van der Waals surface area (Å²) in [5.74, 6) is 0.332. The van der Waals surface area contributed by atoms with Crippen molar-refractivity contribution < 1.29 is 5.11 Å². The molecule has 1 atom stereocenters. The number of pyridine rings is 1. The molecule has 3 nitrogen and oxygen atoms in total. The van der Waals surface area contributed by atoms with Crippen molar-refractivity contribution in [3.63, 3.8) is 0 Å². The predicted octanol–water partition coefficient (Wildman–Crippen LogP) is 5.04. The minimum Gasteiger partial charge on any atom is -0.508 e. The summed E-state index contributed by atoms with van der Waals surface area (Å²) in [7, 11) is 2.03. The molecule has 0 fully saturated rings. The van der Waals surface area contributed by atoms with E-state index in [0.717, 1.165) is 41.1 Å². The maximum atomic E-state index is 13.0. The van der Waals surface area contributed by atoms with Crippen LogP contribution in [0.5, 0.6) is 5.75 Å². The van der Waals surface area contributed by atoms with Crippen LogP contribution in [-0.4, -0.2) is 9.67 Å². The van der Waals surface area contributed by atoms with Gasteiger partial charge in [0, 0.05) is 23.2 Å². The summed E-state index contributed by atoms with van der Waals surface area (Å²) < 4.78 is 2.13. The molecule has 4 aromatic rings. The Bertz CT molecular complexity index is 1300. The lowest BCUT2D eigenvalue weighted by molar-refractivity contribution is 0.473. The summed E-state index contributed by atoms with van der Waals surface area (Å²) >= 11 is 0. The Morgan fingerprint density at radius 2 is 1.79 bits per heavy atom. The molecule has 1 aliphatic carbocycles. The smallest absolute Gasteiger partial charge is 0.197 e. The Hall–Kier alpha value is -3.07. The van der Waals surface area contributed by atoms with Crippen LogP contribution >= 0.6 is 0 Å². The summed E-state index contributed by atoms with van der Waals surface area (Å²) in [5, 5.41) is 11.4. The first-order chi connectivity index (χ1) is 13.5. The third kappa shape index (κ3) is 2.19. The second-order valence-corrected chi connectivity index (χ2v) is 7.91. The van der Waals surface area contributed by atoms with Crippen molar-refractivity contribution in [2.45, 2.75) is 31.6 Å². The van der Waals surface area contributed by atoms with Gasteiger partial charge in [0.15, 0.2) is 5.43 Å². The molecule has 1 aromatic heterocycles. The van der Waals surface area contributed by atoms with E-state index >= 15 is 0 Å². The van der Waals surface area contributed by atoms with Gasteiger partial charge in [-0.1, -0.05) is 31.2 Å². The van der Waals surface area contributed by atoms with E-state index < -0.39 is 0 Å². The van der Waals surface area contributed by atoms with Crippen molar-refractivity contribution in [1.82, 2.24) is 4.57 Å². The molecule has 0 saturated carbocycles. The molecule has 1 N–H and O–H groups in total. The number of rotatable bonds is 2. The molecular formula is C25H23NO2. The number of aromatic hydroxyl groups is 1. The summed E-state index contributed by atoms with van der Waals surface area (Å²) in [6, 6.07) is 19.9. The quantitative estimate of drug-likeness (QED) is 0.503. The molecule has 0 saturated heterocycles. The van der Waals surface area contributed by atoms with Crippen LogP contribution in [0.3, 0.4) is 0 Å². The second-order valence-electron chi connectivity index (χ2n) is 7.91. The Labute approximate surface area is 163 Å². The largest absolute Gasteiger partial charge is 0.508 e. The molecule has 5 rings (SSSR count). The zero-order valence-corrected chi connectivity index (χ0v) is 16.2. The highest BCUT2D eigenvalue weighted by Gasteiger charge is 2.39. The van der Waals surface area contributed by atoms with Crippen LogP contribution < -0.4 is 5.43 Å². The van der Waals surface area contributed by atoms with Crippen molar-refractivity contribution in [2.24, 2.45) is 7.05 Å². The molecule has 3 heteroatoms. The van der Waals surface area contributed by atoms with Gasteiger partial charge in [-0.25, -0.2) is 0 Å². The average Bonchev–Trinajstić information content (AvgIpc) is 3.10. The van der Waals surface area contributed by atoms with Crippen molar-refractivity contribution in [3.05, 3.63) is 87.6 Å². The van der Waals surface area contributed by atoms with Crippen LogP contribution in [0.15, 0.2) is 65.5 Å². The van der Waals surface area contributed by atoms with Gasteiger partial charge in [-0.15, -0.1) is 0 Å². The van der Waals surface area contributed by atoms with E-state index in [1.807, 2.05) is 43.4 Å². The number of para-hydroxylation sites is 1. The highest BCUT2D eigenvalue weighted by molar-refractivity contribution is 5.93. The number of phenols is 1. The van der Waals surface area contributed by atoms with Crippen molar-refractivity contribution in [3.8, 4) is 5.75 Å². The van der Waals surface area contributed by atoms with Crippen LogP contribution in [0, 0.1) is 0 Å². The molecule has 0 amide bonds. The zero-order chi connectivity index (χ0) is 19.5. The van der Waals surface area contributed by atoms with Gasteiger partial charge in [0.1, 0.15) is 5.75 Å². The van der Waals surface area contributed by atoms with E-state index in [0.29, 0.717) is 5.75 Å². The molecule has 28 heavy (non-hydrogen) atoms. The van der Waals surface area contributed by atoms with Gasteiger partial charge in [0.25, 0.3) is 0 Å². The van der Waals surface area contributed by atoms with E-state index in [1.54, 1.807) is 6.07 Å².